The van der Waals surface area contributed by atoms with Crippen molar-refractivity contribution in [2.24, 2.45) is 5.92 Å². The Kier molecular flexibility index (Phi) is 3.36. The molecule has 2 rings (SSSR count). The van der Waals surface area contributed by atoms with E-state index in [1.807, 2.05) is 32.2 Å². The quantitative estimate of drug-likeness (QED) is 0.837. The maximum atomic E-state index is 12.2. The number of rotatable bonds is 4. The maximum absolute atomic E-state index is 12.2. The summed E-state index contributed by atoms with van der Waals surface area (Å²) in [7, 11) is 1.84. The second-order valence-corrected chi connectivity index (χ2v) is 4.90. The molecule has 17 heavy (non-hydrogen) atoms. The number of anilines is 1. The van der Waals surface area contributed by atoms with Crippen LogP contribution in [0.15, 0.2) is 18.2 Å². The standard InChI is InChI=1S/C14H20N2O/c1-9-4-7-13(15-3)12(8-9)14(17)16-10(2)11-5-6-11/h4,7-8,10-11,15H,5-6H2,1-3H3,(H,16,17). The van der Waals surface area contributed by atoms with Gasteiger partial charge in [-0.2, -0.15) is 0 Å². The number of benzene rings is 1. The van der Waals surface area contributed by atoms with Crippen LogP contribution in [0.5, 0.6) is 0 Å². The van der Waals surface area contributed by atoms with Crippen molar-refractivity contribution in [3.63, 3.8) is 0 Å². The first-order chi connectivity index (χ1) is 8.11. The van der Waals surface area contributed by atoms with Gasteiger partial charge in [0, 0.05) is 18.8 Å². The summed E-state index contributed by atoms with van der Waals surface area (Å²) in [6, 6.07) is 6.17. The fraction of sp³-hybridized carbons (Fsp3) is 0.500. The van der Waals surface area contributed by atoms with Gasteiger partial charge in [0.1, 0.15) is 0 Å². The highest BCUT2D eigenvalue weighted by Gasteiger charge is 2.29. The summed E-state index contributed by atoms with van der Waals surface area (Å²) < 4.78 is 0. The molecule has 1 unspecified atom stereocenters. The minimum Gasteiger partial charge on any atom is -0.387 e. The first-order valence-corrected chi connectivity index (χ1v) is 6.21. The Balaban J connectivity index is 2.14. The number of hydrogen-bond acceptors (Lipinski definition) is 2. The average Bonchev–Trinajstić information content (AvgIpc) is 3.12. The predicted molar refractivity (Wildman–Crippen MR) is 70.4 cm³/mol. The van der Waals surface area contributed by atoms with Crippen molar-refractivity contribution in [2.75, 3.05) is 12.4 Å². The highest BCUT2D eigenvalue weighted by molar-refractivity contribution is 6.00. The van der Waals surface area contributed by atoms with Crippen LogP contribution in [0.25, 0.3) is 0 Å². The second kappa shape index (κ2) is 4.78. The van der Waals surface area contributed by atoms with Gasteiger partial charge in [0.15, 0.2) is 0 Å². The molecule has 2 N–H and O–H groups in total. The van der Waals surface area contributed by atoms with Gasteiger partial charge in [-0.05, 0) is 44.7 Å². The van der Waals surface area contributed by atoms with E-state index in [9.17, 15) is 4.79 Å². The van der Waals surface area contributed by atoms with Gasteiger partial charge in [-0.15, -0.1) is 0 Å². The van der Waals surface area contributed by atoms with Crippen molar-refractivity contribution in [2.45, 2.75) is 32.7 Å². The van der Waals surface area contributed by atoms with Crippen molar-refractivity contribution in [1.82, 2.24) is 5.32 Å². The highest BCUT2D eigenvalue weighted by Crippen LogP contribution is 2.32. The molecule has 1 aliphatic carbocycles. The van der Waals surface area contributed by atoms with E-state index in [-0.39, 0.29) is 11.9 Å². The molecule has 3 heteroatoms. The summed E-state index contributed by atoms with van der Waals surface area (Å²) in [5, 5.41) is 6.14. The fourth-order valence-corrected chi connectivity index (χ4v) is 2.06. The van der Waals surface area contributed by atoms with Crippen LogP contribution in [0.4, 0.5) is 5.69 Å². The number of carbonyl (C=O) groups excluding carboxylic acids is 1. The number of amides is 1. The summed E-state index contributed by atoms with van der Waals surface area (Å²) in [4.78, 5) is 12.2. The smallest absolute Gasteiger partial charge is 0.253 e. The Morgan fingerprint density at radius 1 is 1.41 bits per heavy atom. The summed E-state index contributed by atoms with van der Waals surface area (Å²) in [5.74, 6) is 0.708. The summed E-state index contributed by atoms with van der Waals surface area (Å²) >= 11 is 0. The zero-order valence-electron chi connectivity index (χ0n) is 10.7. The molecule has 0 heterocycles. The molecular weight excluding hydrogens is 212 g/mol. The van der Waals surface area contributed by atoms with Gasteiger partial charge in [-0.1, -0.05) is 11.6 Å². The number of carbonyl (C=O) groups is 1. The first kappa shape index (κ1) is 12.0. The number of aryl methyl sites for hydroxylation is 1. The van der Waals surface area contributed by atoms with Gasteiger partial charge in [-0.3, -0.25) is 4.79 Å². The lowest BCUT2D eigenvalue weighted by molar-refractivity contribution is 0.0936. The van der Waals surface area contributed by atoms with Gasteiger partial charge in [0.2, 0.25) is 0 Å². The van der Waals surface area contributed by atoms with Gasteiger partial charge >= 0.3 is 0 Å². The SMILES string of the molecule is CNc1ccc(C)cc1C(=O)NC(C)C1CC1. The van der Waals surface area contributed by atoms with E-state index < -0.39 is 0 Å². The van der Waals surface area contributed by atoms with E-state index in [4.69, 9.17) is 0 Å². The predicted octanol–water partition coefficient (Wildman–Crippen LogP) is 2.57. The molecule has 1 fully saturated rings. The van der Waals surface area contributed by atoms with Crippen LogP contribution < -0.4 is 10.6 Å². The Labute approximate surface area is 103 Å². The lowest BCUT2D eigenvalue weighted by atomic mass is 10.1. The zero-order chi connectivity index (χ0) is 12.4. The Bertz CT molecular complexity index is 424. The Hall–Kier alpha value is -1.51. The largest absolute Gasteiger partial charge is 0.387 e. The molecule has 92 valence electrons. The maximum Gasteiger partial charge on any atom is 0.253 e. The van der Waals surface area contributed by atoms with Crippen LogP contribution >= 0.6 is 0 Å². The normalized spacial score (nSPS) is 16.4. The van der Waals surface area contributed by atoms with Crippen molar-refractivity contribution in [3.8, 4) is 0 Å². The van der Waals surface area contributed by atoms with Crippen molar-refractivity contribution in [3.05, 3.63) is 29.3 Å². The van der Waals surface area contributed by atoms with Crippen molar-refractivity contribution in [1.29, 1.82) is 0 Å². The Morgan fingerprint density at radius 3 is 2.71 bits per heavy atom. The molecule has 1 aromatic carbocycles. The minimum atomic E-state index is 0.0254. The average molecular weight is 232 g/mol. The van der Waals surface area contributed by atoms with Gasteiger partial charge in [0.05, 0.1) is 5.56 Å². The van der Waals surface area contributed by atoms with Crippen LogP contribution in [-0.2, 0) is 0 Å². The van der Waals surface area contributed by atoms with E-state index in [1.165, 1.54) is 12.8 Å². The zero-order valence-corrected chi connectivity index (χ0v) is 10.7. The van der Waals surface area contributed by atoms with E-state index in [0.29, 0.717) is 5.92 Å². The molecule has 1 aromatic rings. The van der Waals surface area contributed by atoms with Gasteiger partial charge in [0.25, 0.3) is 5.91 Å². The van der Waals surface area contributed by atoms with Crippen LogP contribution in [0, 0.1) is 12.8 Å². The lowest BCUT2D eigenvalue weighted by Crippen LogP contribution is -2.34. The highest BCUT2D eigenvalue weighted by atomic mass is 16.1. The molecule has 3 nitrogen and oxygen atoms in total. The lowest BCUT2D eigenvalue weighted by Gasteiger charge is -2.15. The van der Waals surface area contributed by atoms with E-state index in [0.717, 1.165) is 16.8 Å². The fourth-order valence-electron chi connectivity index (χ4n) is 2.06. The third kappa shape index (κ3) is 2.78. The van der Waals surface area contributed by atoms with E-state index in [2.05, 4.69) is 17.6 Å². The third-order valence-corrected chi connectivity index (χ3v) is 3.38. The molecule has 0 aliphatic heterocycles. The second-order valence-electron chi connectivity index (χ2n) is 4.90. The van der Waals surface area contributed by atoms with Crippen LogP contribution in [-0.4, -0.2) is 19.0 Å². The van der Waals surface area contributed by atoms with Crippen LogP contribution in [0.1, 0.15) is 35.7 Å². The molecule has 1 amide bonds. The molecule has 1 atom stereocenters. The summed E-state index contributed by atoms with van der Waals surface area (Å²) in [6.07, 6.45) is 2.49. The molecule has 1 saturated carbocycles. The molecule has 0 saturated heterocycles. The number of nitrogens with one attached hydrogen (secondary N) is 2. The van der Waals surface area contributed by atoms with Crippen LogP contribution in [0.2, 0.25) is 0 Å². The minimum absolute atomic E-state index is 0.0254. The van der Waals surface area contributed by atoms with E-state index in [1.54, 1.807) is 0 Å². The van der Waals surface area contributed by atoms with E-state index >= 15 is 0 Å². The molecule has 0 spiro atoms. The van der Waals surface area contributed by atoms with Crippen molar-refractivity contribution < 1.29 is 4.79 Å². The number of hydrogen-bond donors (Lipinski definition) is 2. The summed E-state index contributed by atoms with van der Waals surface area (Å²) in [6.45, 7) is 4.09. The van der Waals surface area contributed by atoms with Crippen molar-refractivity contribution >= 4 is 11.6 Å². The summed E-state index contributed by atoms with van der Waals surface area (Å²) in [5.41, 5.74) is 2.73. The monoisotopic (exact) mass is 232 g/mol. The topological polar surface area (TPSA) is 41.1 Å². The molecule has 0 bridgehead atoms. The molecule has 0 aromatic heterocycles. The van der Waals surface area contributed by atoms with Gasteiger partial charge < -0.3 is 10.6 Å². The molecular formula is C14H20N2O. The molecule has 1 aliphatic rings. The Morgan fingerprint density at radius 2 is 2.12 bits per heavy atom. The third-order valence-electron chi connectivity index (χ3n) is 3.38. The van der Waals surface area contributed by atoms with Crippen LogP contribution in [0.3, 0.4) is 0 Å². The molecule has 0 radical (unpaired) electrons. The first-order valence-electron chi connectivity index (χ1n) is 6.21. The van der Waals surface area contributed by atoms with Gasteiger partial charge in [-0.25, -0.2) is 0 Å².